The lowest BCUT2D eigenvalue weighted by atomic mass is 9.99. The summed E-state index contributed by atoms with van der Waals surface area (Å²) >= 11 is 0. The van der Waals surface area contributed by atoms with E-state index in [9.17, 15) is 0 Å². The third-order valence-electron chi connectivity index (χ3n) is 2.01. The number of aliphatic imine (C=N–C) groups is 2. The van der Waals surface area contributed by atoms with E-state index in [2.05, 4.69) is 69.1 Å². The van der Waals surface area contributed by atoms with Crippen LogP contribution in [-0.4, -0.2) is 37.3 Å². The molecule has 0 atom stereocenters. The van der Waals surface area contributed by atoms with Crippen molar-refractivity contribution in [3.63, 3.8) is 0 Å². The van der Waals surface area contributed by atoms with E-state index in [0.29, 0.717) is 12.1 Å². The highest BCUT2D eigenvalue weighted by Gasteiger charge is 2.04. The molecule has 0 amide bonds. The first-order valence-corrected chi connectivity index (χ1v) is 7.15. The van der Waals surface area contributed by atoms with E-state index in [1.165, 1.54) is 0 Å². The normalized spacial score (nSPS) is 13.6. The van der Waals surface area contributed by atoms with Crippen molar-refractivity contribution in [2.24, 2.45) is 15.4 Å². The second-order valence-corrected chi connectivity index (χ2v) is 6.17. The topological polar surface area (TPSA) is 48.8 Å². The second-order valence-electron chi connectivity index (χ2n) is 6.17. The number of hydrogen-bond acceptors (Lipinski definition) is 2. The molecule has 0 unspecified atom stereocenters. The molecule has 2 N–H and O–H groups in total. The molecule has 0 saturated heterocycles. The summed E-state index contributed by atoms with van der Waals surface area (Å²) in [5, 5.41) is 6.65. The minimum atomic E-state index is -0.0725. The Labute approximate surface area is 119 Å². The maximum atomic E-state index is 4.52. The van der Waals surface area contributed by atoms with Gasteiger partial charge in [-0.2, -0.15) is 0 Å². The summed E-state index contributed by atoms with van der Waals surface area (Å²) in [5.41, 5.74) is -0.0725. The lowest BCUT2D eigenvalue weighted by Gasteiger charge is -2.16. The van der Waals surface area contributed by atoms with Crippen LogP contribution in [0.15, 0.2) is 9.98 Å². The predicted octanol–water partition coefficient (Wildman–Crippen LogP) is 2.66. The monoisotopic (exact) mass is 267 g/mol. The average molecular weight is 267 g/mol. The Morgan fingerprint density at radius 1 is 1.26 bits per heavy atom. The fraction of sp³-hybridized carbons (Fsp3) is 0.800. The molecule has 0 fully saturated rings. The summed E-state index contributed by atoms with van der Waals surface area (Å²) < 4.78 is 0. The second kappa shape index (κ2) is 8.94. The van der Waals surface area contributed by atoms with Crippen LogP contribution in [0.5, 0.6) is 0 Å². The minimum absolute atomic E-state index is 0.0725. The predicted molar refractivity (Wildman–Crippen MR) is 86.0 cm³/mol. The number of nitrogens with one attached hydrogen (secondary N) is 2. The van der Waals surface area contributed by atoms with Gasteiger partial charge in [0.1, 0.15) is 0 Å². The van der Waals surface area contributed by atoms with Crippen LogP contribution in [0.3, 0.4) is 0 Å². The van der Waals surface area contributed by atoms with Gasteiger partial charge in [-0.3, -0.25) is 9.98 Å². The van der Waals surface area contributed by atoms with E-state index in [1.54, 1.807) is 0 Å². The summed E-state index contributed by atoms with van der Waals surface area (Å²) in [4.78, 5) is 8.89. The van der Waals surface area contributed by atoms with Gasteiger partial charge in [-0.05, 0) is 46.5 Å². The molecule has 4 heteroatoms. The summed E-state index contributed by atoms with van der Waals surface area (Å²) in [7, 11) is 0. The molecule has 0 saturated carbocycles. The Hall–Kier alpha value is -1.06. The molecule has 0 rings (SSSR count). The lowest BCUT2D eigenvalue weighted by molar-refractivity contribution is 0.666. The molecule has 0 heterocycles. The van der Waals surface area contributed by atoms with Crippen molar-refractivity contribution in [1.82, 2.24) is 10.6 Å². The molecular formula is C15H31N4. The van der Waals surface area contributed by atoms with Gasteiger partial charge in [0.15, 0.2) is 5.96 Å². The first-order chi connectivity index (χ1) is 8.70. The van der Waals surface area contributed by atoms with E-state index < -0.39 is 0 Å². The van der Waals surface area contributed by atoms with Gasteiger partial charge in [0, 0.05) is 31.4 Å². The van der Waals surface area contributed by atoms with Crippen LogP contribution in [0.1, 0.15) is 48.0 Å². The van der Waals surface area contributed by atoms with E-state index in [4.69, 9.17) is 0 Å². The van der Waals surface area contributed by atoms with Crippen LogP contribution in [0.25, 0.3) is 0 Å². The molecular weight excluding hydrogens is 236 g/mol. The van der Waals surface area contributed by atoms with Crippen LogP contribution >= 0.6 is 0 Å². The van der Waals surface area contributed by atoms with Gasteiger partial charge in [0.2, 0.25) is 0 Å². The maximum absolute atomic E-state index is 4.52. The van der Waals surface area contributed by atoms with Crippen molar-refractivity contribution >= 4 is 12.2 Å². The highest BCUT2D eigenvalue weighted by atomic mass is 15.2. The van der Waals surface area contributed by atoms with E-state index in [1.807, 2.05) is 6.21 Å². The Bertz CT molecular complexity index is 285. The van der Waals surface area contributed by atoms with Gasteiger partial charge >= 0.3 is 0 Å². The van der Waals surface area contributed by atoms with E-state index in [0.717, 1.165) is 25.5 Å². The summed E-state index contributed by atoms with van der Waals surface area (Å²) in [6, 6.07) is 0.675. The molecule has 0 bridgehead atoms. The standard InChI is InChI=1S/C15H31N4/c1-12(2)18-14(19-13(3)4)17-10-8-9-16-11-15(5,6)7/h11-13H,5,8-10H2,1-4,6-7H3,(H2,17,18,19)/b16-11+. The molecule has 0 spiro atoms. The first kappa shape index (κ1) is 17.9. The first-order valence-electron chi connectivity index (χ1n) is 7.15. The third-order valence-corrected chi connectivity index (χ3v) is 2.01. The molecule has 0 aromatic heterocycles. The fourth-order valence-corrected chi connectivity index (χ4v) is 1.35. The lowest BCUT2D eigenvalue weighted by Crippen LogP contribution is -2.42. The fourth-order valence-electron chi connectivity index (χ4n) is 1.35. The Kier molecular flexibility index (Phi) is 8.44. The Morgan fingerprint density at radius 2 is 1.89 bits per heavy atom. The smallest absolute Gasteiger partial charge is 0.191 e. The average Bonchev–Trinajstić information content (AvgIpc) is 2.19. The quantitative estimate of drug-likeness (QED) is 0.423. The highest BCUT2D eigenvalue weighted by Crippen LogP contribution is 2.07. The van der Waals surface area contributed by atoms with Crippen LogP contribution in [0.2, 0.25) is 0 Å². The molecule has 0 aliphatic carbocycles. The number of nitrogens with zero attached hydrogens (tertiary/aromatic N) is 2. The molecule has 1 radical (unpaired) electrons. The van der Waals surface area contributed by atoms with Crippen molar-refractivity contribution in [3.8, 4) is 0 Å². The summed E-state index contributed by atoms with van der Waals surface area (Å²) in [6.45, 7) is 18.2. The third kappa shape index (κ3) is 13.2. The molecule has 19 heavy (non-hydrogen) atoms. The molecule has 111 valence electrons. The van der Waals surface area contributed by atoms with Gasteiger partial charge in [-0.15, -0.1) is 0 Å². The zero-order valence-electron chi connectivity index (χ0n) is 13.5. The van der Waals surface area contributed by atoms with Gasteiger partial charge in [-0.1, -0.05) is 13.8 Å². The van der Waals surface area contributed by atoms with Crippen LogP contribution < -0.4 is 10.6 Å². The van der Waals surface area contributed by atoms with Crippen LogP contribution in [-0.2, 0) is 0 Å². The molecule has 0 aromatic carbocycles. The molecule has 0 aliphatic heterocycles. The zero-order chi connectivity index (χ0) is 14.9. The number of hydrogen-bond donors (Lipinski definition) is 2. The van der Waals surface area contributed by atoms with Gasteiger partial charge in [-0.25, -0.2) is 0 Å². The zero-order valence-corrected chi connectivity index (χ0v) is 13.5. The van der Waals surface area contributed by atoms with Crippen molar-refractivity contribution in [2.75, 3.05) is 13.1 Å². The number of rotatable bonds is 7. The Morgan fingerprint density at radius 3 is 2.37 bits per heavy atom. The van der Waals surface area contributed by atoms with Gasteiger partial charge < -0.3 is 10.6 Å². The Balaban J connectivity index is 3.97. The van der Waals surface area contributed by atoms with Crippen molar-refractivity contribution in [2.45, 2.75) is 60.0 Å². The summed E-state index contributed by atoms with van der Waals surface area (Å²) in [6.07, 6.45) is 2.91. The van der Waals surface area contributed by atoms with Gasteiger partial charge in [0.25, 0.3) is 0 Å². The van der Waals surface area contributed by atoms with E-state index in [-0.39, 0.29) is 5.41 Å². The van der Waals surface area contributed by atoms with Crippen molar-refractivity contribution in [1.29, 1.82) is 0 Å². The maximum Gasteiger partial charge on any atom is 0.191 e. The summed E-state index contributed by atoms with van der Waals surface area (Å²) in [5.74, 6) is 0.881. The SMILES string of the molecule is [CH2]C(C)(C)/C=N/CCCN/C(=N\C(C)C)NC(C)C. The molecule has 0 aliphatic rings. The van der Waals surface area contributed by atoms with Crippen LogP contribution in [0, 0.1) is 12.3 Å². The number of guanidine groups is 1. The minimum Gasteiger partial charge on any atom is -0.356 e. The van der Waals surface area contributed by atoms with E-state index >= 15 is 0 Å². The van der Waals surface area contributed by atoms with Crippen LogP contribution in [0.4, 0.5) is 0 Å². The molecule has 0 aromatic rings. The molecule has 4 nitrogen and oxygen atoms in total. The van der Waals surface area contributed by atoms with Crippen molar-refractivity contribution in [3.05, 3.63) is 6.92 Å². The van der Waals surface area contributed by atoms with Gasteiger partial charge in [0.05, 0.1) is 0 Å². The largest absolute Gasteiger partial charge is 0.356 e. The highest BCUT2D eigenvalue weighted by molar-refractivity contribution is 5.80. The van der Waals surface area contributed by atoms with Crippen molar-refractivity contribution < 1.29 is 0 Å².